The van der Waals surface area contributed by atoms with Crippen molar-refractivity contribution in [2.75, 3.05) is 26.3 Å². The molecule has 0 bridgehead atoms. The van der Waals surface area contributed by atoms with Crippen LogP contribution in [0.4, 0.5) is 0 Å². The van der Waals surface area contributed by atoms with Crippen LogP contribution in [0.3, 0.4) is 0 Å². The Morgan fingerprint density at radius 1 is 0.577 bits per heavy atom. The maximum Gasteiger partial charge on any atom is 0.306 e. The molecule has 1 heterocycles. The van der Waals surface area contributed by atoms with Crippen molar-refractivity contribution in [1.82, 2.24) is 10.4 Å². The van der Waals surface area contributed by atoms with Crippen LogP contribution in [0.5, 0.6) is 0 Å². The molecule has 0 unspecified atom stereocenters. The minimum atomic E-state index is -0.0641. The second-order valence-corrected chi connectivity index (χ2v) is 19.5. The highest BCUT2D eigenvalue weighted by atomic mass is 16.6. The van der Waals surface area contributed by atoms with Crippen molar-refractivity contribution < 1.29 is 23.9 Å². The van der Waals surface area contributed by atoms with Gasteiger partial charge < -0.3 is 19.2 Å². The smallest absolute Gasteiger partial charge is 0.306 e. The number of likely N-dealkylation sites (tertiary alicyclic amines) is 1. The van der Waals surface area contributed by atoms with Gasteiger partial charge in [0.1, 0.15) is 6.10 Å². The summed E-state index contributed by atoms with van der Waals surface area (Å²) < 4.78 is 12.6. The predicted octanol–water partition coefficient (Wildman–Crippen LogP) is 11.8. The largest absolute Gasteiger partial charge is 0.462 e. The van der Waals surface area contributed by atoms with Crippen molar-refractivity contribution in [2.24, 2.45) is 21.7 Å². The predicted molar refractivity (Wildman–Crippen MR) is 217 cm³/mol. The highest BCUT2D eigenvalue weighted by molar-refractivity contribution is 5.76. The van der Waals surface area contributed by atoms with Crippen LogP contribution in [0.1, 0.15) is 210 Å². The topological polar surface area (TPSA) is 77.1 Å². The number of nitrogens with zero attached hydrogens (tertiary/aromatic N) is 1. The Morgan fingerprint density at radius 3 is 1.54 bits per heavy atom. The summed E-state index contributed by atoms with van der Waals surface area (Å²) in [5, 5.41) is 0. The highest BCUT2D eigenvalue weighted by Gasteiger charge is 2.50. The van der Waals surface area contributed by atoms with Gasteiger partial charge in [0.15, 0.2) is 0 Å². The van der Waals surface area contributed by atoms with Crippen molar-refractivity contribution in [3.05, 3.63) is 0 Å². The number of carbonyl (C=O) groups excluding carboxylic acids is 2. The fourth-order valence-corrected chi connectivity index (χ4v) is 9.67. The van der Waals surface area contributed by atoms with Crippen molar-refractivity contribution in [1.29, 1.82) is 0 Å². The molecule has 2 rings (SSSR count). The average Bonchev–Trinajstić information content (AvgIpc) is 3.03. The van der Waals surface area contributed by atoms with E-state index in [0.29, 0.717) is 12.8 Å². The molecule has 306 valence electrons. The van der Waals surface area contributed by atoms with Gasteiger partial charge >= 0.3 is 5.97 Å². The lowest BCUT2D eigenvalue weighted by atomic mass is 9.60. The Labute approximate surface area is 322 Å². The Kier molecular flexibility index (Phi) is 21.4. The molecule has 0 radical (unpaired) electrons. The molecule has 0 aromatic rings. The van der Waals surface area contributed by atoms with Crippen LogP contribution < -0.4 is 5.48 Å². The standard InChI is InChI=1S/C45H86N2O5/c1-11-13-15-17-23-27-31-50-41-44(7,8)35-47(36-45(41,9)10)38(48)29-25-21-19-20-22-26-30-39(49)52-37-33-42(3,4)40(43(5,6)34-37)46-51-32-28-24-18-16-14-12-2/h37,40-41,46H,11-36H2,1-10H3. The first-order valence-electron chi connectivity index (χ1n) is 22.0. The molecule has 7 nitrogen and oxygen atoms in total. The van der Waals surface area contributed by atoms with Crippen LogP contribution in [0.25, 0.3) is 0 Å². The number of hydroxylamine groups is 1. The molecule has 2 fully saturated rings. The molecule has 0 atom stereocenters. The van der Waals surface area contributed by atoms with E-state index >= 15 is 0 Å². The van der Waals surface area contributed by atoms with E-state index in [2.05, 4.69) is 79.6 Å². The fourth-order valence-electron chi connectivity index (χ4n) is 9.67. The van der Waals surface area contributed by atoms with E-state index in [1.807, 2.05) is 0 Å². The molecule has 52 heavy (non-hydrogen) atoms. The number of ether oxygens (including phenoxy) is 2. The first kappa shape index (κ1) is 47.0. The molecule has 0 spiro atoms. The summed E-state index contributed by atoms with van der Waals surface area (Å²) in [4.78, 5) is 34.2. The van der Waals surface area contributed by atoms with E-state index in [1.165, 1.54) is 64.2 Å². The molecule has 1 N–H and O–H groups in total. The van der Waals surface area contributed by atoms with Crippen molar-refractivity contribution in [2.45, 2.75) is 229 Å². The van der Waals surface area contributed by atoms with Crippen molar-refractivity contribution in [3.8, 4) is 0 Å². The van der Waals surface area contributed by atoms with Gasteiger partial charge in [-0.15, -0.1) is 0 Å². The van der Waals surface area contributed by atoms with Crippen LogP contribution in [0, 0.1) is 21.7 Å². The third-order valence-electron chi connectivity index (χ3n) is 11.9. The second kappa shape index (κ2) is 23.7. The molecule has 1 aliphatic heterocycles. The first-order chi connectivity index (χ1) is 24.6. The summed E-state index contributed by atoms with van der Waals surface area (Å²) >= 11 is 0. The summed E-state index contributed by atoms with van der Waals surface area (Å²) in [6.07, 6.45) is 24.2. The molecule has 1 amide bonds. The van der Waals surface area contributed by atoms with Crippen LogP contribution in [-0.4, -0.2) is 61.3 Å². The van der Waals surface area contributed by atoms with Gasteiger partial charge in [0.25, 0.3) is 0 Å². The molecule has 7 heteroatoms. The van der Waals surface area contributed by atoms with Crippen LogP contribution in [0.2, 0.25) is 0 Å². The summed E-state index contributed by atoms with van der Waals surface area (Å²) in [5.74, 6) is 0.227. The lowest BCUT2D eigenvalue weighted by Gasteiger charge is -2.53. The van der Waals surface area contributed by atoms with Gasteiger partial charge in [-0.25, -0.2) is 0 Å². The van der Waals surface area contributed by atoms with Crippen LogP contribution in [0.15, 0.2) is 0 Å². The Balaban J connectivity index is 1.59. The quantitative estimate of drug-likeness (QED) is 0.0514. The van der Waals surface area contributed by atoms with Crippen LogP contribution >= 0.6 is 0 Å². The number of hydrogen-bond donors (Lipinski definition) is 1. The molecule has 0 aromatic carbocycles. The molecule has 0 aromatic heterocycles. The van der Waals surface area contributed by atoms with Gasteiger partial charge in [-0.2, -0.15) is 5.48 Å². The summed E-state index contributed by atoms with van der Waals surface area (Å²) in [5.41, 5.74) is 3.21. The zero-order valence-corrected chi connectivity index (χ0v) is 36.1. The van der Waals surface area contributed by atoms with Gasteiger partial charge in [0, 0.05) is 49.4 Å². The maximum atomic E-state index is 13.3. The third kappa shape index (κ3) is 17.1. The molecular weight excluding hydrogens is 649 g/mol. The van der Waals surface area contributed by atoms with E-state index in [4.69, 9.17) is 14.3 Å². The number of piperidine rings is 1. The Morgan fingerprint density at radius 2 is 1.02 bits per heavy atom. The monoisotopic (exact) mass is 735 g/mol. The van der Waals surface area contributed by atoms with Gasteiger partial charge in [-0.05, 0) is 49.4 Å². The highest BCUT2D eigenvalue weighted by Crippen LogP contribution is 2.47. The molecule has 2 aliphatic rings. The summed E-state index contributed by atoms with van der Waals surface area (Å²) in [7, 11) is 0. The van der Waals surface area contributed by atoms with E-state index in [-0.39, 0.29) is 51.8 Å². The minimum Gasteiger partial charge on any atom is -0.462 e. The zero-order chi connectivity index (χ0) is 38.7. The normalized spacial score (nSPS) is 22.4. The number of esters is 1. The van der Waals surface area contributed by atoms with Gasteiger partial charge in [-0.1, -0.05) is 159 Å². The number of carbonyl (C=O) groups is 2. The van der Waals surface area contributed by atoms with E-state index < -0.39 is 0 Å². The molecule has 1 saturated heterocycles. The van der Waals surface area contributed by atoms with E-state index in [9.17, 15) is 9.59 Å². The maximum absolute atomic E-state index is 13.3. The summed E-state index contributed by atoms with van der Waals surface area (Å²) in [6.45, 7) is 25.8. The zero-order valence-electron chi connectivity index (χ0n) is 36.1. The minimum absolute atomic E-state index is 0.0423. The molecule has 1 aliphatic carbocycles. The van der Waals surface area contributed by atoms with Crippen molar-refractivity contribution >= 4 is 11.9 Å². The second-order valence-electron chi connectivity index (χ2n) is 19.5. The lowest BCUT2D eigenvalue weighted by molar-refractivity contribution is -0.163. The number of hydrogen-bond acceptors (Lipinski definition) is 6. The first-order valence-corrected chi connectivity index (χ1v) is 22.0. The molecular formula is C45H86N2O5. The summed E-state index contributed by atoms with van der Waals surface area (Å²) in [6, 6.07) is 0.204. The number of unbranched alkanes of at least 4 members (excludes halogenated alkanes) is 15. The van der Waals surface area contributed by atoms with Crippen molar-refractivity contribution in [3.63, 3.8) is 0 Å². The fraction of sp³-hybridized carbons (Fsp3) is 0.956. The lowest BCUT2D eigenvalue weighted by Crippen LogP contribution is -2.60. The Bertz CT molecular complexity index is 956. The van der Waals surface area contributed by atoms with Gasteiger partial charge in [0.2, 0.25) is 5.91 Å². The van der Waals surface area contributed by atoms with E-state index in [0.717, 1.165) is 90.5 Å². The van der Waals surface area contributed by atoms with Gasteiger partial charge in [0.05, 0.1) is 12.7 Å². The third-order valence-corrected chi connectivity index (χ3v) is 11.9. The number of amides is 1. The van der Waals surface area contributed by atoms with E-state index in [1.54, 1.807) is 0 Å². The Hall–Kier alpha value is -1.18. The van der Waals surface area contributed by atoms with Crippen LogP contribution in [-0.2, 0) is 23.9 Å². The number of nitrogens with one attached hydrogen (secondary N) is 1. The van der Waals surface area contributed by atoms with Gasteiger partial charge in [-0.3, -0.25) is 9.59 Å². The molecule has 1 saturated carbocycles. The average molecular weight is 735 g/mol. The SMILES string of the molecule is CCCCCCCCONC1C(C)(C)CC(OC(=O)CCCCCCCCC(=O)N2CC(C)(C)C(OCCCCCCCC)C(C)(C)C2)CC1(C)C. The number of rotatable bonds is 27.